The molecule has 3 nitrogen and oxygen atoms in total. The average molecular weight is 263 g/mol. The molecule has 1 N–H and O–H groups in total. The summed E-state index contributed by atoms with van der Waals surface area (Å²) < 4.78 is 1.91. The molecule has 1 aromatic heterocycles. The Hall–Kier alpha value is -0.830. The first-order valence-electron chi connectivity index (χ1n) is 7.55. The maximum atomic E-state index is 4.30. The quantitative estimate of drug-likeness (QED) is 0.908. The normalized spacial score (nSPS) is 28.6. The van der Waals surface area contributed by atoms with E-state index in [4.69, 9.17) is 0 Å². The van der Waals surface area contributed by atoms with Gasteiger partial charge in [-0.3, -0.25) is 4.68 Å². The predicted octanol–water partition coefficient (Wildman–Crippen LogP) is 3.01. The molecule has 19 heavy (non-hydrogen) atoms. The van der Waals surface area contributed by atoms with Crippen molar-refractivity contribution in [2.75, 3.05) is 7.05 Å². The van der Waals surface area contributed by atoms with Gasteiger partial charge in [-0.15, -0.1) is 0 Å². The molecule has 0 spiro atoms. The van der Waals surface area contributed by atoms with Gasteiger partial charge in [0.1, 0.15) is 0 Å². The number of aromatic nitrogens is 2. The fraction of sp³-hybridized carbons (Fsp3) is 0.812. The molecule has 0 aromatic carbocycles. The third kappa shape index (κ3) is 3.59. The van der Waals surface area contributed by atoms with E-state index in [0.29, 0.717) is 11.5 Å². The van der Waals surface area contributed by atoms with E-state index >= 15 is 0 Å². The molecule has 2 rings (SSSR count). The summed E-state index contributed by atoms with van der Waals surface area (Å²) in [5.41, 5.74) is 1.81. The van der Waals surface area contributed by atoms with Crippen LogP contribution in [-0.4, -0.2) is 22.9 Å². The van der Waals surface area contributed by atoms with Crippen LogP contribution in [0.2, 0.25) is 0 Å². The van der Waals surface area contributed by atoms with Crippen molar-refractivity contribution in [3.63, 3.8) is 0 Å². The summed E-state index contributed by atoms with van der Waals surface area (Å²) in [4.78, 5) is 0. The zero-order valence-electron chi connectivity index (χ0n) is 13.1. The molecule has 3 atom stereocenters. The van der Waals surface area contributed by atoms with Crippen LogP contribution in [0.4, 0.5) is 0 Å². The Balaban J connectivity index is 2.05. The maximum Gasteiger partial charge on any atom is 0.0521 e. The summed E-state index contributed by atoms with van der Waals surface area (Å²) in [7, 11) is 4.11. The van der Waals surface area contributed by atoms with Crippen molar-refractivity contribution in [2.24, 2.45) is 24.3 Å². The number of hydrogen-bond donors (Lipinski definition) is 1. The lowest BCUT2D eigenvalue weighted by molar-refractivity contribution is 0.117. The van der Waals surface area contributed by atoms with Crippen molar-refractivity contribution in [1.29, 1.82) is 0 Å². The second-order valence-corrected chi connectivity index (χ2v) is 7.26. The monoisotopic (exact) mass is 263 g/mol. The Kier molecular flexibility index (Phi) is 4.34. The highest BCUT2D eigenvalue weighted by molar-refractivity contribution is 5.07. The van der Waals surface area contributed by atoms with Gasteiger partial charge in [0.2, 0.25) is 0 Å². The van der Waals surface area contributed by atoms with Gasteiger partial charge in [0.05, 0.1) is 6.20 Å². The fourth-order valence-electron chi connectivity index (χ4n) is 3.54. The number of nitrogens with zero attached hydrogens (tertiary/aromatic N) is 2. The maximum absolute atomic E-state index is 4.30. The Labute approximate surface area is 117 Å². The van der Waals surface area contributed by atoms with Gasteiger partial charge in [0.25, 0.3) is 0 Å². The molecule has 1 aliphatic carbocycles. The first-order valence-corrected chi connectivity index (χ1v) is 7.55. The molecule has 0 aliphatic heterocycles. The lowest BCUT2D eigenvalue weighted by atomic mass is 9.66. The topological polar surface area (TPSA) is 29.9 Å². The largest absolute Gasteiger partial charge is 0.317 e. The Bertz CT molecular complexity index is 402. The molecule has 3 unspecified atom stereocenters. The first-order chi connectivity index (χ1) is 8.90. The van der Waals surface area contributed by atoms with Gasteiger partial charge < -0.3 is 5.32 Å². The zero-order valence-corrected chi connectivity index (χ0v) is 13.1. The molecule has 1 aliphatic rings. The van der Waals surface area contributed by atoms with Crippen LogP contribution in [0.15, 0.2) is 12.4 Å². The van der Waals surface area contributed by atoms with E-state index in [1.165, 1.54) is 24.8 Å². The first kappa shape index (κ1) is 14.6. The third-order valence-electron chi connectivity index (χ3n) is 4.83. The second-order valence-electron chi connectivity index (χ2n) is 7.26. The molecule has 1 fully saturated rings. The number of hydrogen-bond acceptors (Lipinski definition) is 2. The number of aryl methyl sites for hydroxylation is 1. The lowest BCUT2D eigenvalue weighted by Gasteiger charge is -2.42. The molecular formula is C16H29N3. The minimum absolute atomic E-state index is 0.436. The molecule has 0 bridgehead atoms. The number of nitrogens with one attached hydrogen (secondary N) is 1. The van der Waals surface area contributed by atoms with E-state index in [9.17, 15) is 0 Å². The minimum atomic E-state index is 0.436. The Morgan fingerprint density at radius 1 is 1.37 bits per heavy atom. The van der Waals surface area contributed by atoms with Gasteiger partial charge >= 0.3 is 0 Å². The molecular weight excluding hydrogens is 234 g/mol. The van der Waals surface area contributed by atoms with Crippen molar-refractivity contribution in [3.8, 4) is 0 Å². The van der Waals surface area contributed by atoms with E-state index in [1.807, 2.05) is 17.9 Å². The molecule has 0 radical (unpaired) electrons. The highest BCUT2D eigenvalue weighted by atomic mass is 15.2. The van der Waals surface area contributed by atoms with Crippen molar-refractivity contribution in [2.45, 2.75) is 52.5 Å². The molecule has 3 heteroatoms. The Morgan fingerprint density at radius 3 is 2.63 bits per heavy atom. The average Bonchev–Trinajstić information content (AvgIpc) is 2.73. The zero-order chi connectivity index (χ0) is 14.0. The molecule has 0 saturated heterocycles. The predicted molar refractivity (Wildman–Crippen MR) is 80.0 cm³/mol. The summed E-state index contributed by atoms with van der Waals surface area (Å²) in [6.07, 6.45) is 9.35. The van der Waals surface area contributed by atoms with Gasteiger partial charge in [0, 0.05) is 19.3 Å². The van der Waals surface area contributed by atoms with E-state index in [-0.39, 0.29) is 0 Å². The molecule has 1 saturated carbocycles. The Morgan fingerprint density at radius 2 is 2.11 bits per heavy atom. The van der Waals surface area contributed by atoms with Crippen LogP contribution in [0.25, 0.3) is 0 Å². The lowest BCUT2D eigenvalue weighted by Crippen LogP contribution is -2.42. The summed E-state index contributed by atoms with van der Waals surface area (Å²) in [6.45, 7) is 7.16. The van der Waals surface area contributed by atoms with Crippen LogP contribution in [0.3, 0.4) is 0 Å². The fourth-order valence-corrected chi connectivity index (χ4v) is 3.54. The van der Waals surface area contributed by atoms with Gasteiger partial charge in [-0.1, -0.05) is 20.8 Å². The molecule has 0 amide bonds. The summed E-state index contributed by atoms with van der Waals surface area (Å²) in [5, 5.41) is 7.82. The summed E-state index contributed by atoms with van der Waals surface area (Å²) in [6, 6.07) is 0.666. The highest BCUT2D eigenvalue weighted by Gasteiger charge is 2.35. The minimum Gasteiger partial charge on any atom is -0.317 e. The number of rotatable bonds is 3. The van der Waals surface area contributed by atoms with E-state index < -0.39 is 0 Å². The second kappa shape index (κ2) is 5.66. The molecule has 1 heterocycles. The highest BCUT2D eigenvalue weighted by Crippen LogP contribution is 2.41. The van der Waals surface area contributed by atoms with E-state index in [1.54, 1.807) is 0 Å². The van der Waals surface area contributed by atoms with Crippen molar-refractivity contribution < 1.29 is 0 Å². The SMILES string of the molecule is CNC1CCC(C(C)(C)C)CC1Cc1cnn(C)c1. The van der Waals surface area contributed by atoms with E-state index in [0.717, 1.165) is 18.3 Å². The van der Waals surface area contributed by atoms with Gasteiger partial charge in [-0.2, -0.15) is 5.10 Å². The van der Waals surface area contributed by atoms with Crippen LogP contribution in [0, 0.1) is 17.3 Å². The van der Waals surface area contributed by atoms with Crippen LogP contribution < -0.4 is 5.32 Å². The van der Waals surface area contributed by atoms with Crippen molar-refractivity contribution >= 4 is 0 Å². The van der Waals surface area contributed by atoms with Crippen LogP contribution >= 0.6 is 0 Å². The molecule has 1 aromatic rings. The van der Waals surface area contributed by atoms with Gasteiger partial charge in [-0.25, -0.2) is 0 Å². The summed E-state index contributed by atoms with van der Waals surface area (Å²) >= 11 is 0. The smallest absolute Gasteiger partial charge is 0.0521 e. The third-order valence-corrected chi connectivity index (χ3v) is 4.83. The van der Waals surface area contributed by atoms with Crippen molar-refractivity contribution in [3.05, 3.63) is 18.0 Å². The standard InChI is InChI=1S/C16H29N3/c1-16(2,3)14-6-7-15(17-4)13(9-14)8-12-10-18-19(5)11-12/h10-11,13-15,17H,6-9H2,1-5H3. The van der Waals surface area contributed by atoms with E-state index in [2.05, 4.69) is 44.4 Å². The van der Waals surface area contributed by atoms with Gasteiger partial charge in [0.15, 0.2) is 0 Å². The van der Waals surface area contributed by atoms with Crippen LogP contribution in [0.1, 0.15) is 45.6 Å². The summed E-state index contributed by atoms with van der Waals surface area (Å²) in [5.74, 6) is 1.59. The molecule has 108 valence electrons. The van der Waals surface area contributed by atoms with Crippen molar-refractivity contribution in [1.82, 2.24) is 15.1 Å². The van der Waals surface area contributed by atoms with Crippen LogP contribution in [0.5, 0.6) is 0 Å². The van der Waals surface area contributed by atoms with Gasteiger partial charge in [-0.05, 0) is 55.5 Å². The van der Waals surface area contributed by atoms with Crippen LogP contribution in [-0.2, 0) is 13.5 Å².